The number of imidazole rings is 1. The summed E-state index contributed by atoms with van der Waals surface area (Å²) in [4.78, 5) is 4.43. The van der Waals surface area contributed by atoms with Crippen LogP contribution in [0.15, 0.2) is 30.0 Å². The van der Waals surface area contributed by atoms with Gasteiger partial charge in [0.15, 0.2) is 5.15 Å². The molecule has 21 heavy (non-hydrogen) atoms. The predicted octanol–water partition coefficient (Wildman–Crippen LogP) is 4.17. The molecule has 0 spiro atoms. The number of nitrogens with zero attached hydrogens (tertiary/aromatic N) is 2. The zero-order valence-electron chi connectivity index (χ0n) is 12.5. The van der Waals surface area contributed by atoms with Gasteiger partial charge in [-0.2, -0.15) is 0 Å². The Morgan fingerprint density at radius 2 is 2.19 bits per heavy atom. The Morgan fingerprint density at radius 3 is 2.95 bits per heavy atom. The van der Waals surface area contributed by atoms with Gasteiger partial charge in [0, 0.05) is 12.7 Å². The van der Waals surface area contributed by atoms with E-state index in [9.17, 15) is 0 Å². The van der Waals surface area contributed by atoms with Crippen LogP contribution in [0.2, 0.25) is 5.15 Å². The number of hydrogen-bond acceptors (Lipinski definition) is 2. The van der Waals surface area contributed by atoms with Crippen LogP contribution in [0, 0.1) is 5.92 Å². The highest BCUT2D eigenvalue weighted by Gasteiger charge is 2.18. The lowest BCUT2D eigenvalue weighted by Gasteiger charge is -2.24. The molecule has 0 radical (unpaired) electrons. The van der Waals surface area contributed by atoms with E-state index in [1.165, 1.54) is 37.7 Å². The minimum atomic E-state index is 0.589. The number of hydrogen-bond donors (Lipinski definition) is 1. The molecule has 112 valence electrons. The molecule has 0 bridgehead atoms. The first kappa shape index (κ1) is 14.6. The van der Waals surface area contributed by atoms with Crippen molar-refractivity contribution in [3.05, 3.63) is 40.8 Å². The van der Waals surface area contributed by atoms with E-state index in [1.54, 1.807) is 0 Å². The normalized spacial score (nSPS) is 17.5. The summed E-state index contributed by atoms with van der Waals surface area (Å²) in [7, 11) is 2.01. The third-order valence-corrected chi connectivity index (χ3v) is 4.63. The number of aromatic nitrogens is 2. The van der Waals surface area contributed by atoms with Crippen LogP contribution in [0.4, 0.5) is 0 Å². The lowest BCUT2D eigenvalue weighted by Crippen LogP contribution is -2.19. The van der Waals surface area contributed by atoms with Crippen molar-refractivity contribution in [3.8, 4) is 0 Å². The smallest absolute Gasteiger partial charge is 0.155 e. The molecule has 2 aromatic heterocycles. The number of rotatable bonds is 4. The molecule has 3 nitrogen and oxygen atoms in total. The van der Waals surface area contributed by atoms with Gasteiger partial charge in [-0.15, -0.1) is 0 Å². The van der Waals surface area contributed by atoms with Crippen molar-refractivity contribution >= 4 is 23.3 Å². The fourth-order valence-electron chi connectivity index (χ4n) is 3.28. The maximum Gasteiger partial charge on any atom is 0.155 e. The van der Waals surface area contributed by atoms with Crippen LogP contribution in [0.1, 0.15) is 37.8 Å². The summed E-state index contributed by atoms with van der Waals surface area (Å²) < 4.78 is 2.07. The average Bonchev–Trinajstić information content (AvgIpc) is 2.84. The van der Waals surface area contributed by atoms with Crippen LogP contribution in [0.3, 0.4) is 0 Å². The van der Waals surface area contributed by atoms with Gasteiger partial charge in [0.1, 0.15) is 5.65 Å². The molecule has 2 aromatic rings. The molecule has 1 fully saturated rings. The van der Waals surface area contributed by atoms with Gasteiger partial charge in [0.2, 0.25) is 0 Å². The molecule has 3 rings (SSSR count). The molecule has 1 aliphatic rings. The topological polar surface area (TPSA) is 29.3 Å². The van der Waals surface area contributed by atoms with Gasteiger partial charge in [-0.1, -0.05) is 42.5 Å². The first-order valence-electron chi connectivity index (χ1n) is 7.77. The van der Waals surface area contributed by atoms with E-state index in [0.29, 0.717) is 11.1 Å². The molecule has 1 saturated carbocycles. The summed E-state index contributed by atoms with van der Waals surface area (Å²) in [5.74, 6) is 0.677. The Kier molecular flexibility index (Phi) is 4.61. The fraction of sp³-hybridized carbons (Fsp3) is 0.471. The van der Waals surface area contributed by atoms with Crippen LogP contribution in [0.25, 0.3) is 11.7 Å². The zero-order chi connectivity index (χ0) is 14.7. The minimum absolute atomic E-state index is 0.589. The quantitative estimate of drug-likeness (QED) is 0.918. The molecule has 0 aliphatic heterocycles. The highest BCUT2D eigenvalue weighted by molar-refractivity contribution is 6.31. The van der Waals surface area contributed by atoms with Gasteiger partial charge < -0.3 is 5.32 Å². The molecule has 0 saturated heterocycles. The Balaban J connectivity index is 2.00. The number of pyridine rings is 1. The number of likely N-dealkylation sites (N-methyl/N-ethyl adjacent to an activating group) is 1. The lowest BCUT2D eigenvalue weighted by molar-refractivity contribution is 0.398. The summed E-state index contributed by atoms with van der Waals surface area (Å²) in [5.41, 5.74) is 3.36. The second-order valence-electron chi connectivity index (χ2n) is 5.80. The molecule has 1 N–H and O–H groups in total. The van der Waals surface area contributed by atoms with Crippen LogP contribution >= 0.6 is 11.6 Å². The number of halogens is 1. The van der Waals surface area contributed by atoms with E-state index in [4.69, 9.17) is 11.6 Å². The summed E-state index contributed by atoms with van der Waals surface area (Å²) >= 11 is 6.35. The van der Waals surface area contributed by atoms with Crippen molar-refractivity contribution < 1.29 is 0 Å². The van der Waals surface area contributed by atoms with Crippen molar-refractivity contribution in [1.29, 1.82) is 0 Å². The molecule has 0 unspecified atom stereocenters. The van der Waals surface area contributed by atoms with E-state index in [2.05, 4.69) is 20.8 Å². The molecule has 4 heteroatoms. The lowest BCUT2D eigenvalue weighted by atomic mass is 9.83. The summed E-state index contributed by atoms with van der Waals surface area (Å²) in [5, 5.41) is 3.89. The van der Waals surface area contributed by atoms with Crippen LogP contribution in [-0.2, 0) is 0 Å². The van der Waals surface area contributed by atoms with E-state index in [0.717, 1.165) is 17.9 Å². The van der Waals surface area contributed by atoms with Crippen molar-refractivity contribution in [2.75, 3.05) is 13.6 Å². The molecular weight excluding hydrogens is 282 g/mol. The standard InChI is InChI=1S/C17H22ClN3/c1-19-12-14(13-7-3-2-4-8-13)11-15-17(18)20-16-9-5-6-10-21(15)16/h5-6,9-11,13,19H,2-4,7-8,12H2,1H3/b14-11-. The summed E-state index contributed by atoms with van der Waals surface area (Å²) in [6, 6.07) is 5.99. The van der Waals surface area contributed by atoms with E-state index >= 15 is 0 Å². The van der Waals surface area contributed by atoms with Crippen molar-refractivity contribution in [3.63, 3.8) is 0 Å². The van der Waals surface area contributed by atoms with Gasteiger partial charge in [-0.05, 0) is 44.0 Å². The highest BCUT2D eigenvalue weighted by Crippen LogP contribution is 2.31. The molecule has 1 aliphatic carbocycles. The Bertz CT molecular complexity index is 639. The maximum atomic E-state index is 6.35. The number of fused-ring (bicyclic) bond motifs is 1. The third-order valence-electron chi connectivity index (χ3n) is 4.35. The van der Waals surface area contributed by atoms with Gasteiger partial charge >= 0.3 is 0 Å². The molecule has 0 atom stereocenters. The Hall–Kier alpha value is -1.32. The zero-order valence-corrected chi connectivity index (χ0v) is 13.2. The maximum absolute atomic E-state index is 6.35. The first-order valence-corrected chi connectivity index (χ1v) is 8.15. The van der Waals surface area contributed by atoms with Crippen LogP contribution < -0.4 is 5.32 Å². The third kappa shape index (κ3) is 3.14. The van der Waals surface area contributed by atoms with Crippen LogP contribution in [0.5, 0.6) is 0 Å². The minimum Gasteiger partial charge on any atom is -0.316 e. The van der Waals surface area contributed by atoms with E-state index in [-0.39, 0.29) is 0 Å². The number of nitrogens with one attached hydrogen (secondary N) is 1. The largest absolute Gasteiger partial charge is 0.316 e. The summed E-state index contributed by atoms with van der Waals surface area (Å²) in [6.45, 7) is 0.918. The summed E-state index contributed by atoms with van der Waals surface area (Å²) in [6.07, 6.45) is 10.9. The van der Waals surface area contributed by atoms with Crippen molar-refractivity contribution in [2.24, 2.45) is 5.92 Å². The molecular formula is C17H22ClN3. The monoisotopic (exact) mass is 303 g/mol. The molecule has 0 aromatic carbocycles. The highest BCUT2D eigenvalue weighted by atomic mass is 35.5. The second kappa shape index (κ2) is 6.63. The van der Waals surface area contributed by atoms with Gasteiger partial charge in [0.05, 0.1) is 5.69 Å². The SMILES string of the molecule is CNC/C(=C/c1c(Cl)nc2ccccn12)C1CCCCC1. The second-order valence-corrected chi connectivity index (χ2v) is 6.16. The van der Waals surface area contributed by atoms with Crippen molar-refractivity contribution in [1.82, 2.24) is 14.7 Å². The average molecular weight is 304 g/mol. The van der Waals surface area contributed by atoms with Crippen LogP contribution in [-0.4, -0.2) is 23.0 Å². The fourth-order valence-corrected chi connectivity index (χ4v) is 3.51. The first-order chi connectivity index (χ1) is 10.3. The van der Waals surface area contributed by atoms with E-state index in [1.807, 2.05) is 31.4 Å². The Morgan fingerprint density at radius 1 is 1.38 bits per heavy atom. The van der Waals surface area contributed by atoms with Gasteiger partial charge in [-0.25, -0.2) is 4.98 Å². The Labute approximate surface area is 131 Å². The van der Waals surface area contributed by atoms with E-state index < -0.39 is 0 Å². The van der Waals surface area contributed by atoms with Crippen molar-refractivity contribution in [2.45, 2.75) is 32.1 Å². The van der Waals surface area contributed by atoms with Gasteiger partial charge in [-0.3, -0.25) is 4.40 Å². The molecule has 2 heterocycles. The predicted molar refractivity (Wildman–Crippen MR) is 88.7 cm³/mol. The molecule has 0 amide bonds. The van der Waals surface area contributed by atoms with Gasteiger partial charge in [0.25, 0.3) is 0 Å².